The number of carbonyl (C=O) groups is 1. The van der Waals surface area contributed by atoms with Crippen LogP contribution in [0.1, 0.15) is 23.6 Å². The lowest BCUT2D eigenvalue weighted by Gasteiger charge is -2.27. The van der Waals surface area contributed by atoms with Crippen LogP contribution in [0.4, 0.5) is 5.69 Å². The number of likely N-dealkylation sites (tertiary alicyclic amines) is 1. The molecule has 3 aliphatic rings. The van der Waals surface area contributed by atoms with Crippen LogP contribution in [0.25, 0.3) is 0 Å². The van der Waals surface area contributed by atoms with E-state index in [0.717, 1.165) is 37.8 Å². The summed E-state index contributed by atoms with van der Waals surface area (Å²) in [4.78, 5) is 15.2. The van der Waals surface area contributed by atoms with Gasteiger partial charge < -0.3 is 4.90 Å². The third-order valence-corrected chi connectivity index (χ3v) is 7.86. The molecule has 2 aromatic carbocycles. The average Bonchev–Trinajstić information content (AvgIpc) is 3.07. The molecule has 0 spiro atoms. The summed E-state index contributed by atoms with van der Waals surface area (Å²) in [5.41, 5.74) is 4.41. The quantitative estimate of drug-likeness (QED) is 0.843. The van der Waals surface area contributed by atoms with Gasteiger partial charge in [0.1, 0.15) is 0 Å². The Morgan fingerprint density at radius 1 is 1.03 bits per heavy atom. The van der Waals surface area contributed by atoms with Gasteiger partial charge in [0.05, 0.1) is 6.26 Å². The first-order valence-corrected chi connectivity index (χ1v) is 12.1. The van der Waals surface area contributed by atoms with Crippen molar-refractivity contribution in [3.8, 4) is 0 Å². The van der Waals surface area contributed by atoms with E-state index in [1.807, 2.05) is 12.1 Å². The second-order valence-electron chi connectivity index (χ2n) is 9.07. The highest BCUT2D eigenvalue weighted by Crippen LogP contribution is 2.63. The Kier molecular flexibility index (Phi) is 4.07. The van der Waals surface area contributed by atoms with Gasteiger partial charge in [-0.05, 0) is 53.5 Å². The van der Waals surface area contributed by atoms with Crippen molar-refractivity contribution in [2.75, 3.05) is 24.1 Å². The number of fused-ring (bicyclic) bond motifs is 2. The van der Waals surface area contributed by atoms with E-state index in [0.29, 0.717) is 23.4 Å². The van der Waals surface area contributed by atoms with Crippen LogP contribution in [-0.4, -0.2) is 38.6 Å². The predicted octanol–water partition coefficient (Wildman–Crippen LogP) is 2.82. The smallest absolute Gasteiger partial charge is 0.229 e. The normalized spacial score (nSPS) is 28.1. The van der Waals surface area contributed by atoms with Gasteiger partial charge in [-0.15, -0.1) is 0 Å². The first-order valence-electron chi connectivity index (χ1n) is 10.2. The number of hydrogen-bond donors (Lipinski definition) is 1. The highest BCUT2D eigenvalue weighted by atomic mass is 32.2. The molecule has 2 aromatic rings. The molecule has 1 saturated carbocycles. The molecule has 0 bridgehead atoms. The second kappa shape index (κ2) is 6.33. The molecular weight excluding hydrogens is 384 g/mol. The lowest BCUT2D eigenvalue weighted by Crippen LogP contribution is -2.38. The number of nitrogens with one attached hydrogen (secondary N) is 1. The molecule has 29 heavy (non-hydrogen) atoms. The molecule has 0 aromatic heterocycles. The fraction of sp³-hybridized carbons (Fsp3) is 0.435. The van der Waals surface area contributed by atoms with Crippen LogP contribution in [0, 0.1) is 17.8 Å². The fourth-order valence-electron chi connectivity index (χ4n) is 5.61. The summed E-state index contributed by atoms with van der Waals surface area (Å²) in [5.74, 6) is 1.27. The summed E-state index contributed by atoms with van der Waals surface area (Å²) in [7, 11) is -3.29. The molecule has 2 atom stereocenters. The summed E-state index contributed by atoms with van der Waals surface area (Å²) in [5, 5.41) is 0. The number of rotatable bonds is 4. The van der Waals surface area contributed by atoms with Gasteiger partial charge in [-0.25, -0.2) is 8.42 Å². The molecule has 2 unspecified atom stereocenters. The predicted molar refractivity (Wildman–Crippen MR) is 113 cm³/mol. The van der Waals surface area contributed by atoms with Crippen LogP contribution in [0.5, 0.6) is 0 Å². The Labute approximate surface area is 172 Å². The molecule has 5 rings (SSSR count). The molecule has 0 radical (unpaired) electrons. The number of nitrogens with zero attached hydrogens (tertiary/aromatic N) is 1. The maximum Gasteiger partial charge on any atom is 0.229 e. The number of piperidine rings is 1. The maximum absolute atomic E-state index is 13.1. The first kappa shape index (κ1) is 18.7. The van der Waals surface area contributed by atoms with Crippen LogP contribution in [-0.2, 0) is 33.1 Å². The molecule has 5 nitrogen and oxygen atoms in total. The number of anilines is 1. The number of benzene rings is 2. The molecule has 1 heterocycles. The van der Waals surface area contributed by atoms with Gasteiger partial charge in [-0.3, -0.25) is 9.52 Å². The number of carbonyl (C=O) groups excluding carboxylic acids is 1. The highest BCUT2D eigenvalue weighted by Gasteiger charge is 2.66. The monoisotopic (exact) mass is 410 g/mol. The van der Waals surface area contributed by atoms with Crippen molar-refractivity contribution in [3.63, 3.8) is 0 Å². The van der Waals surface area contributed by atoms with Crippen molar-refractivity contribution in [2.45, 2.75) is 25.2 Å². The van der Waals surface area contributed by atoms with Crippen LogP contribution >= 0.6 is 0 Å². The number of amides is 1. The van der Waals surface area contributed by atoms with E-state index < -0.39 is 10.0 Å². The Balaban J connectivity index is 1.26. The van der Waals surface area contributed by atoms with Gasteiger partial charge >= 0.3 is 0 Å². The zero-order chi connectivity index (χ0) is 20.4. The molecule has 1 saturated heterocycles. The Morgan fingerprint density at radius 2 is 1.66 bits per heavy atom. The lowest BCUT2D eigenvalue weighted by atomic mass is 9.91. The van der Waals surface area contributed by atoms with E-state index in [1.165, 1.54) is 11.1 Å². The minimum absolute atomic E-state index is 0.0185. The van der Waals surface area contributed by atoms with Gasteiger partial charge in [0, 0.05) is 30.1 Å². The van der Waals surface area contributed by atoms with Gasteiger partial charge in [0.2, 0.25) is 15.9 Å². The Hall–Kier alpha value is -2.34. The molecule has 1 amide bonds. The zero-order valence-electron chi connectivity index (χ0n) is 16.8. The molecule has 152 valence electrons. The van der Waals surface area contributed by atoms with Crippen LogP contribution in [0.2, 0.25) is 0 Å². The molecular formula is C23H26N2O3S. The van der Waals surface area contributed by atoms with Crippen LogP contribution in [0.3, 0.4) is 0 Å². The van der Waals surface area contributed by atoms with E-state index in [-0.39, 0.29) is 11.3 Å². The van der Waals surface area contributed by atoms with Crippen LogP contribution in [0.15, 0.2) is 48.5 Å². The standard InChI is InChI=1S/C23H26N2O3S/c1-23(18-8-5-9-19(12-18)24-29(2,27)28)20-13-25(14-21(20)23)22(26)17-10-15-6-3-4-7-16(15)11-17/h3-9,12,17,20-21,24H,10-11,13-14H2,1-2H3. The molecule has 1 N–H and O–H groups in total. The number of sulfonamides is 1. The van der Waals surface area contributed by atoms with E-state index in [1.54, 1.807) is 6.07 Å². The number of hydrogen-bond acceptors (Lipinski definition) is 3. The fourth-order valence-corrected chi connectivity index (χ4v) is 6.17. The first-order chi connectivity index (χ1) is 13.8. The minimum Gasteiger partial charge on any atom is -0.342 e. The van der Waals surface area contributed by atoms with Crippen molar-refractivity contribution < 1.29 is 13.2 Å². The Bertz CT molecular complexity index is 1060. The molecule has 6 heteroatoms. The SMILES string of the molecule is CC1(c2cccc(NS(C)(=O)=O)c2)C2CN(C(=O)C3Cc4ccccc4C3)CC21. The van der Waals surface area contributed by atoms with E-state index >= 15 is 0 Å². The van der Waals surface area contributed by atoms with Crippen molar-refractivity contribution in [1.29, 1.82) is 0 Å². The summed E-state index contributed by atoms with van der Waals surface area (Å²) in [6, 6.07) is 16.1. The summed E-state index contributed by atoms with van der Waals surface area (Å²) in [6.45, 7) is 3.85. The lowest BCUT2D eigenvalue weighted by molar-refractivity contribution is -0.134. The van der Waals surface area contributed by atoms with E-state index in [9.17, 15) is 13.2 Å². The third kappa shape index (κ3) is 3.14. The average molecular weight is 411 g/mol. The van der Waals surface area contributed by atoms with Crippen molar-refractivity contribution in [2.24, 2.45) is 17.8 Å². The second-order valence-corrected chi connectivity index (χ2v) is 10.8. The third-order valence-electron chi connectivity index (χ3n) is 7.25. The van der Waals surface area contributed by atoms with Crippen molar-refractivity contribution >= 4 is 21.6 Å². The highest BCUT2D eigenvalue weighted by molar-refractivity contribution is 7.92. The van der Waals surface area contributed by atoms with E-state index in [2.05, 4.69) is 46.9 Å². The maximum atomic E-state index is 13.1. The molecule has 1 aliphatic heterocycles. The van der Waals surface area contributed by atoms with Gasteiger partial charge in [0.15, 0.2) is 0 Å². The summed E-state index contributed by atoms with van der Waals surface area (Å²) >= 11 is 0. The van der Waals surface area contributed by atoms with Gasteiger partial charge in [-0.2, -0.15) is 0 Å². The topological polar surface area (TPSA) is 66.5 Å². The Morgan fingerprint density at radius 3 is 2.24 bits per heavy atom. The van der Waals surface area contributed by atoms with Crippen molar-refractivity contribution in [3.05, 3.63) is 65.2 Å². The molecule has 2 fully saturated rings. The van der Waals surface area contributed by atoms with E-state index in [4.69, 9.17) is 0 Å². The minimum atomic E-state index is -3.29. The summed E-state index contributed by atoms with van der Waals surface area (Å²) in [6.07, 6.45) is 2.88. The van der Waals surface area contributed by atoms with Crippen LogP contribution < -0.4 is 4.72 Å². The molecule has 2 aliphatic carbocycles. The zero-order valence-corrected chi connectivity index (χ0v) is 17.6. The van der Waals surface area contributed by atoms with Gasteiger partial charge in [-0.1, -0.05) is 43.3 Å². The summed E-state index contributed by atoms with van der Waals surface area (Å²) < 4.78 is 25.7. The van der Waals surface area contributed by atoms with Crippen molar-refractivity contribution in [1.82, 2.24) is 4.90 Å². The largest absolute Gasteiger partial charge is 0.342 e. The van der Waals surface area contributed by atoms with Gasteiger partial charge in [0.25, 0.3) is 0 Å².